The first kappa shape index (κ1) is 12.4. The first-order valence-corrected chi connectivity index (χ1v) is 6.31. The van der Waals surface area contributed by atoms with Gasteiger partial charge in [0.15, 0.2) is 0 Å². The van der Waals surface area contributed by atoms with E-state index in [0.29, 0.717) is 13.0 Å². The maximum absolute atomic E-state index is 12.3. The fourth-order valence-electron chi connectivity index (χ4n) is 2.82. The predicted molar refractivity (Wildman–Crippen MR) is 62.6 cm³/mol. The summed E-state index contributed by atoms with van der Waals surface area (Å²) in [5, 5.41) is 9.15. The zero-order chi connectivity index (χ0) is 12.4. The first-order chi connectivity index (χ1) is 8.09. The Labute approximate surface area is 101 Å². The van der Waals surface area contributed by atoms with Gasteiger partial charge in [0.2, 0.25) is 5.91 Å². The van der Waals surface area contributed by atoms with Crippen molar-refractivity contribution in [2.24, 2.45) is 5.92 Å². The highest BCUT2D eigenvalue weighted by atomic mass is 16.4. The summed E-state index contributed by atoms with van der Waals surface area (Å²) < 4.78 is 0. The fourth-order valence-corrected chi connectivity index (χ4v) is 2.82. The van der Waals surface area contributed by atoms with Crippen molar-refractivity contribution in [1.82, 2.24) is 9.80 Å². The van der Waals surface area contributed by atoms with Crippen LogP contribution in [-0.4, -0.2) is 59.5 Å². The van der Waals surface area contributed by atoms with Gasteiger partial charge in [-0.3, -0.25) is 4.79 Å². The van der Waals surface area contributed by atoms with Gasteiger partial charge in [0.1, 0.15) is 6.04 Å². The summed E-state index contributed by atoms with van der Waals surface area (Å²) in [5.74, 6) is -0.814. The van der Waals surface area contributed by atoms with E-state index in [9.17, 15) is 9.59 Å². The van der Waals surface area contributed by atoms with Crippen molar-refractivity contribution in [3.63, 3.8) is 0 Å². The molecule has 0 spiro atoms. The Morgan fingerprint density at radius 1 is 1.18 bits per heavy atom. The minimum absolute atomic E-state index is 0.0000463. The summed E-state index contributed by atoms with van der Waals surface area (Å²) in [6, 6.07) is -0.595. The van der Waals surface area contributed by atoms with E-state index in [4.69, 9.17) is 5.11 Å². The van der Waals surface area contributed by atoms with E-state index >= 15 is 0 Å². The molecule has 0 aromatic carbocycles. The second-order valence-electron chi connectivity index (χ2n) is 5.13. The molecule has 5 heteroatoms. The molecule has 1 amide bonds. The normalized spacial score (nSPS) is 30.5. The molecule has 2 aliphatic heterocycles. The SMILES string of the molecule is CN1CCC(C(=O)N2CCCC[C@H]2C(=O)O)C1. The lowest BCUT2D eigenvalue weighted by Crippen LogP contribution is -2.50. The van der Waals surface area contributed by atoms with E-state index in [1.807, 2.05) is 7.05 Å². The molecule has 17 heavy (non-hydrogen) atoms. The Balaban J connectivity index is 2.03. The van der Waals surface area contributed by atoms with Crippen LogP contribution in [0.2, 0.25) is 0 Å². The number of hydrogen-bond acceptors (Lipinski definition) is 3. The molecule has 0 saturated carbocycles. The molecule has 1 unspecified atom stereocenters. The van der Waals surface area contributed by atoms with Crippen LogP contribution in [-0.2, 0) is 9.59 Å². The van der Waals surface area contributed by atoms with Gasteiger partial charge < -0.3 is 14.9 Å². The third kappa shape index (κ3) is 2.60. The third-order valence-electron chi connectivity index (χ3n) is 3.81. The average Bonchev–Trinajstić information content (AvgIpc) is 2.75. The lowest BCUT2D eigenvalue weighted by atomic mass is 9.98. The number of carbonyl (C=O) groups excluding carboxylic acids is 1. The second kappa shape index (κ2) is 5.04. The van der Waals surface area contributed by atoms with Crippen LogP contribution in [0.3, 0.4) is 0 Å². The number of nitrogens with zero attached hydrogens (tertiary/aromatic N) is 2. The molecule has 0 aromatic rings. The van der Waals surface area contributed by atoms with Crippen LogP contribution in [0.15, 0.2) is 0 Å². The van der Waals surface area contributed by atoms with Crippen LogP contribution in [0.5, 0.6) is 0 Å². The smallest absolute Gasteiger partial charge is 0.326 e. The molecular weight excluding hydrogens is 220 g/mol. The van der Waals surface area contributed by atoms with Crippen molar-refractivity contribution in [3.8, 4) is 0 Å². The van der Waals surface area contributed by atoms with Crippen molar-refractivity contribution in [3.05, 3.63) is 0 Å². The van der Waals surface area contributed by atoms with Gasteiger partial charge in [0.05, 0.1) is 5.92 Å². The van der Waals surface area contributed by atoms with Gasteiger partial charge in [0, 0.05) is 13.1 Å². The molecule has 1 N–H and O–H groups in total. The Kier molecular flexibility index (Phi) is 3.66. The van der Waals surface area contributed by atoms with Crippen LogP contribution >= 0.6 is 0 Å². The molecule has 2 fully saturated rings. The first-order valence-electron chi connectivity index (χ1n) is 6.31. The summed E-state index contributed by atoms with van der Waals surface area (Å²) in [6.07, 6.45) is 3.30. The van der Waals surface area contributed by atoms with Gasteiger partial charge in [-0.25, -0.2) is 4.79 Å². The van der Waals surface area contributed by atoms with Gasteiger partial charge >= 0.3 is 5.97 Å². The summed E-state index contributed by atoms with van der Waals surface area (Å²) in [7, 11) is 2.00. The quantitative estimate of drug-likeness (QED) is 0.759. The number of aliphatic carboxylic acids is 1. The zero-order valence-electron chi connectivity index (χ0n) is 10.3. The van der Waals surface area contributed by atoms with Crippen molar-refractivity contribution in [2.45, 2.75) is 31.7 Å². The van der Waals surface area contributed by atoms with E-state index in [2.05, 4.69) is 4.90 Å². The van der Waals surface area contributed by atoms with E-state index in [1.54, 1.807) is 4.90 Å². The number of piperidine rings is 1. The minimum Gasteiger partial charge on any atom is -0.480 e. The third-order valence-corrected chi connectivity index (χ3v) is 3.81. The molecule has 2 atom stereocenters. The number of rotatable bonds is 2. The minimum atomic E-state index is -0.857. The topological polar surface area (TPSA) is 60.9 Å². The molecule has 2 heterocycles. The van der Waals surface area contributed by atoms with Crippen LogP contribution < -0.4 is 0 Å². The number of carboxylic acids is 1. The maximum Gasteiger partial charge on any atom is 0.326 e. The van der Waals surface area contributed by atoms with Crippen LogP contribution in [0.1, 0.15) is 25.7 Å². The predicted octanol–water partition coefficient (Wildman–Crippen LogP) is 0.404. The van der Waals surface area contributed by atoms with Crippen LogP contribution in [0, 0.1) is 5.92 Å². The number of carboxylic acid groups (broad SMARTS) is 1. The van der Waals surface area contributed by atoms with E-state index in [0.717, 1.165) is 32.4 Å². The second-order valence-corrected chi connectivity index (χ2v) is 5.13. The Morgan fingerprint density at radius 3 is 2.53 bits per heavy atom. The molecule has 0 aliphatic carbocycles. The lowest BCUT2D eigenvalue weighted by molar-refractivity contribution is -0.153. The van der Waals surface area contributed by atoms with Crippen molar-refractivity contribution >= 4 is 11.9 Å². The summed E-state index contributed by atoms with van der Waals surface area (Å²) in [6.45, 7) is 2.31. The van der Waals surface area contributed by atoms with Crippen molar-refractivity contribution in [2.75, 3.05) is 26.7 Å². The highest BCUT2D eigenvalue weighted by Gasteiger charge is 2.37. The molecule has 0 radical (unpaired) electrons. The summed E-state index contributed by atoms with van der Waals surface area (Å²) in [5.41, 5.74) is 0. The highest BCUT2D eigenvalue weighted by molar-refractivity contribution is 5.85. The standard InChI is InChI=1S/C12H20N2O3/c1-13-7-5-9(8-13)11(15)14-6-3-2-4-10(14)12(16)17/h9-10H,2-8H2,1H3,(H,16,17)/t9?,10-/m0/s1. The zero-order valence-corrected chi connectivity index (χ0v) is 10.3. The Hall–Kier alpha value is -1.10. The molecule has 2 saturated heterocycles. The molecule has 0 bridgehead atoms. The maximum atomic E-state index is 12.3. The number of carbonyl (C=O) groups is 2. The number of hydrogen-bond donors (Lipinski definition) is 1. The largest absolute Gasteiger partial charge is 0.480 e. The van der Waals surface area contributed by atoms with Crippen LogP contribution in [0.4, 0.5) is 0 Å². The number of likely N-dealkylation sites (tertiary alicyclic amines) is 2. The molecule has 96 valence electrons. The Bertz CT molecular complexity index is 319. The van der Waals surface area contributed by atoms with Gasteiger partial charge in [-0.1, -0.05) is 0 Å². The molecule has 5 nitrogen and oxygen atoms in total. The number of amides is 1. The van der Waals surface area contributed by atoms with Crippen LogP contribution in [0.25, 0.3) is 0 Å². The monoisotopic (exact) mass is 240 g/mol. The van der Waals surface area contributed by atoms with Gasteiger partial charge in [-0.05, 0) is 39.3 Å². The Morgan fingerprint density at radius 2 is 1.94 bits per heavy atom. The average molecular weight is 240 g/mol. The molecular formula is C12H20N2O3. The van der Waals surface area contributed by atoms with E-state index < -0.39 is 12.0 Å². The summed E-state index contributed by atoms with van der Waals surface area (Å²) in [4.78, 5) is 27.2. The molecule has 2 rings (SSSR count). The highest BCUT2D eigenvalue weighted by Crippen LogP contribution is 2.23. The summed E-state index contributed by atoms with van der Waals surface area (Å²) >= 11 is 0. The van der Waals surface area contributed by atoms with Crippen molar-refractivity contribution < 1.29 is 14.7 Å². The molecule has 2 aliphatic rings. The van der Waals surface area contributed by atoms with Gasteiger partial charge in [-0.2, -0.15) is 0 Å². The lowest BCUT2D eigenvalue weighted by Gasteiger charge is -2.34. The van der Waals surface area contributed by atoms with E-state index in [1.165, 1.54) is 0 Å². The molecule has 0 aromatic heterocycles. The van der Waals surface area contributed by atoms with Crippen molar-refractivity contribution in [1.29, 1.82) is 0 Å². The van der Waals surface area contributed by atoms with Gasteiger partial charge in [0.25, 0.3) is 0 Å². The van der Waals surface area contributed by atoms with E-state index in [-0.39, 0.29) is 11.8 Å². The van der Waals surface area contributed by atoms with Gasteiger partial charge in [-0.15, -0.1) is 0 Å². The fraction of sp³-hybridized carbons (Fsp3) is 0.833.